The number of alkyl halides is 1. The van der Waals surface area contributed by atoms with E-state index in [1.807, 2.05) is 0 Å². The van der Waals surface area contributed by atoms with E-state index in [0.717, 1.165) is 0 Å². The van der Waals surface area contributed by atoms with Gasteiger partial charge >= 0.3 is 0 Å². The zero-order valence-corrected chi connectivity index (χ0v) is 8.43. The van der Waals surface area contributed by atoms with Crippen LogP contribution in [0.3, 0.4) is 0 Å². The Balaban J connectivity index is 3.20. The largest absolute Gasteiger partial charge is 0.330 e. The molecule has 2 N–H and O–H groups in total. The Morgan fingerprint density at radius 2 is 1.93 bits per heavy atom. The van der Waals surface area contributed by atoms with Gasteiger partial charge in [-0.2, -0.15) is 0 Å². The molecule has 0 bridgehead atoms. The molecule has 14 heavy (non-hydrogen) atoms. The lowest BCUT2D eigenvalue weighted by atomic mass is 10.1. The number of nitrogens with two attached hydrogens (primary N) is 1. The summed E-state index contributed by atoms with van der Waals surface area (Å²) in [4.78, 5) is 0.0490. The van der Waals surface area contributed by atoms with Crippen LogP contribution in [0.1, 0.15) is 5.56 Å². The van der Waals surface area contributed by atoms with E-state index in [9.17, 15) is 12.8 Å². The number of benzene rings is 1. The van der Waals surface area contributed by atoms with Crippen molar-refractivity contribution in [3.63, 3.8) is 0 Å². The summed E-state index contributed by atoms with van der Waals surface area (Å²) in [5, 5.41) is 0. The van der Waals surface area contributed by atoms with Crippen LogP contribution >= 0.6 is 0 Å². The highest BCUT2D eigenvalue weighted by atomic mass is 32.2. The molecular formula is C9H12FNO2S. The standard InChI is InChI=1S/C9H12FNO2S/c10-7-14(12,13)9-4-2-1-3-8(9)5-6-11/h1-4H,5-7,11H2. The second-order valence-electron chi connectivity index (χ2n) is 2.87. The van der Waals surface area contributed by atoms with Gasteiger partial charge in [-0.15, -0.1) is 0 Å². The Kier molecular flexibility index (Phi) is 3.60. The van der Waals surface area contributed by atoms with Crippen molar-refractivity contribution in [1.29, 1.82) is 0 Å². The minimum absolute atomic E-state index is 0.0490. The molecule has 0 fully saturated rings. The van der Waals surface area contributed by atoms with E-state index in [0.29, 0.717) is 18.5 Å². The molecule has 3 nitrogen and oxygen atoms in total. The van der Waals surface area contributed by atoms with E-state index in [-0.39, 0.29) is 4.90 Å². The molecule has 0 saturated heterocycles. The van der Waals surface area contributed by atoms with Crippen LogP contribution in [-0.4, -0.2) is 21.0 Å². The fourth-order valence-corrected chi connectivity index (χ4v) is 2.20. The summed E-state index contributed by atoms with van der Waals surface area (Å²) in [6.07, 6.45) is 0.440. The maximum atomic E-state index is 12.3. The molecule has 1 aromatic carbocycles. The molecule has 0 spiro atoms. The van der Waals surface area contributed by atoms with Crippen LogP contribution in [0.25, 0.3) is 0 Å². The molecule has 0 amide bonds. The quantitative estimate of drug-likeness (QED) is 0.814. The van der Waals surface area contributed by atoms with E-state index in [4.69, 9.17) is 5.73 Å². The number of hydrogen-bond acceptors (Lipinski definition) is 3. The van der Waals surface area contributed by atoms with Gasteiger partial charge in [0.2, 0.25) is 9.84 Å². The summed E-state index contributed by atoms with van der Waals surface area (Å²) in [7, 11) is -3.77. The zero-order chi connectivity index (χ0) is 10.6. The van der Waals surface area contributed by atoms with E-state index >= 15 is 0 Å². The molecule has 0 atom stereocenters. The fraction of sp³-hybridized carbons (Fsp3) is 0.333. The molecule has 0 aromatic heterocycles. The Bertz CT molecular complexity index is 403. The van der Waals surface area contributed by atoms with Gasteiger partial charge in [-0.25, -0.2) is 12.8 Å². The first-order chi connectivity index (χ1) is 6.61. The molecule has 0 aliphatic rings. The average Bonchev–Trinajstić information content (AvgIpc) is 2.19. The summed E-state index contributed by atoms with van der Waals surface area (Å²) in [5.41, 5.74) is 5.90. The Labute approximate surface area is 82.7 Å². The number of hydrogen-bond donors (Lipinski definition) is 1. The first-order valence-electron chi connectivity index (χ1n) is 4.18. The third-order valence-corrected chi connectivity index (χ3v) is 3.22. The monoisotopic (exact) mass is 217 g/mol. The molecular weight excluding hydrogens is 205 g/mol. The van der Waals surface area contributed by atoms with Crippen molar-refractivity contribution in [3.8, 4) is 0 Å². The molecule has 1 aromatic rings. The molecule has 0 aliphatic carbocycles. The number of rotatable bonds is 4. The first kappa shape index (κ1) is 11.1. The molecule has 78 valence electrons. The van der Waals surface area contributed by atoms with Gasteiger partial charge in [0.1, 0.15) is 0 Å². The Morgan fingerprint density at radius 3 is 2.50 bits per heavy atom. The topological polar surface area (TPSA) is 60.2 Å². The SMILES string of the molecule is NCCc1ccccc1S(=O)(=O)CF. The van der Waals surface area contributed by atoms with E-state index in [2.05, 4.69) is 0 Å². The zero-order valence-electron chi connectivity index (χ0n) is 7.61. The van der Waals surface area contributed by atoms with Gasteiger partial charge in [0.25, 0.3) is 0 Å². The van der Waals surface area contributed by atoms with Gasteiger partial charge in [-0.1, -0.05) is 18.2 Å². The highest BCUT2D eigenvalue weighted by Crippen LogP contribution is 2.17. The van der Waals surface area contributed by atoms with Gasteiger partial charge in [-0.05, 0) is 24.6 Å². The molecule has 0 aliphatic heterocycles. The third kappa shape index (κ3) is 2.30. The van der Waals surface area contributed by atoms with Crippen molar-refractivity contribution in [3.05, 3.63) is 29.8 Å². The second-order valence-corrected chi connectivity index (χ2v) is 4.76. The van der Waals surface area contributed by atoms with Crippen LogP contribution < -0.4 is 5.73 Å². The van der Waals surface area contributed by atoms with Gasteiger partial charge in [0.15, 0.2) is 6.01 Å². The summed E-state index contributed by atoms with van der Waals surface area (Å²) in [5.74, 6) is 0. The fourth-order valence-electron chi connectivity index (χ4n) is 1.23. The summed E-state index contributed by atoms with van der Waals surface area (Å²) < 4.78 is 34.8. The van der Waals surface area contributed by atoms with Crippen molar-refractivity contribution in [2.75, 3.05) is 12.6 Å². The minimum Gasteiger partial charge on any atom is -0.330 e. The van der Waals surface area contributed by atoms with Gasteiger partial charge in [-0.3, -0.25) is 0 Å². The molecule has 1 rings (SSSR count). The van der Waals surface area contributed by atoms with E-state index in [1.165, 1.54) is 6.07 Å². The van der Waals surface area contributed by atoms with Crippen LogP contribution in [0.2, 0.25) is 0 Å². The first-order valence-corrected chi connectivity index (χ1v) is 5.83. The van der Waals surface area contributed by atoms with E-state index < -0.39 is 15.8 Å². The van der Waals surface area contributed by atoms with Crippen LogP contribution in [0.15, 0.2) is 29.2 Å². The maximum absolute atomic E-state index is 12.3. The minimum atomic E-state index is -3.77. The second kappa shape index (κ2) is 4.52. The molecule has 0 unspecified atom stereocenters. The summed E-state index contributed by atoms with van der Waals surface area (Å²) >= 11 is 0. The highest BCUT2D eigenvalue weighted by Gasteiger charge is 2.16. The molecule has 0 saturated carbocycles. The van der Waals surface area contributed by atoms with Crippen molar-refractivity contribution in [2.45, 2.75) is 11.3 Å². The smallest absolute Gasteiger partial charge is 0.207 e. The van der Waals surface area contributed by atoms with Crippen LogP contribution in [0.4, 0.5) is 4.39 Å². The van der Waals surface area contributed by atoms with Crippen molar-refractivity contribution < 1.29 is 12.8 Å². The van der Waals surface area contributed by atoms with Gasteiger partial charge < -0.3 is 5.73 Å². The van der Waals surface area contributed by atoms with Crippen molar-refractivity contribution in [2.24, 2.45) is 5.73 Å². The predicted molar refractivity (Wildman–Crippen MR) is 52.4 cm³/mol. The lowest BCUT2D eigenvalue weighted by Crippen LogP contribution is -2.10. The van der Waals surface area contributed by atoms with Gasteiger partial charge in [0.05, 0.1) is 4.90 Å². The Morgan fingerprint density at radius 1 is 1.29 bits per heavy atom. The maximum Gasteiger partial charge on any atom is 0.207 e. The van der Waals surface area contributed by atoms with Crippen molar-refractivity contribution >= 4 is 9.84 Å². The average molecular weight is 217 g/mol. The molecule has 0 heterocycles. The summed E-state index contributed by atoms with van der Waals surface area (Å²) in [6, 6.07) is 4.97. The third-order valence-electron chi connectivity index (χ3n) is 1.86. The molecule has 0 radical (unpaired) electrons. The van der Waals surface area contributed by atoms with Crippen LogP contribution in [-0.2, 0) is 16.3 Å². The lowest BCUT2D eigenvalue weighted by molar-refractivity contribution is 0.534. The van der Waals surface area contributed by atoms with E-state index in [1.54, 1.807) is 18.2 Å². The van der Waals surface area contributed by atoms with Crippen LogP contribution in [0.5, 0.6) is 0 Å². The highest BCUT2D eigenvalue weighted by molar-refractivity contribution is 7.91. The number of halogens is 1. The Hall–Kier alpha value is -0.940. The number of sulfone groups is 1. The van der Waals surface area contributed by atoms with Crippen molar-refractivity contribution in [1.82, 2.24) is 0 Å². The molecule has 5 heteroatoms. The van der Waals surface area contributed by atoms with Gasteiger partial charge in [0, 0.05) is 0 Å². The lowest BCUT2D eigenvalue weighted by Gasteiger charge is -2.06. The normalized spacial score (nSPS) is 11.6. The predicted octanol–water partition coefficient (Wildman–Crippen LogP) is 0.889. The van der Waals surface area contributed by atoms with Crippen LogP contribution in [0, 0.1) is 0 Å². The summed E-state index contributed by atoms with van der Waals surface area (Å²) in [6.45, 7) is 0.346.